The van der Waals surface area contributed by atoms with E-state index in [1.807, 2.05) is 60.9 Å². The Morgan fingerprint density at radius 3 is 2.41 bits per heavy atom. The van der Waals surface area contributed by atoms with Crippen molar-refractivity contribution in [2.75, 3.05) is 23.3 Å². The number of fused-ring (bicyclic) bond motifs is 1. The van der Waals surface area contributed by atoms with Crippen LogP contribution in [0.1, 0.15) is 37.8 Å². The predicted octanol–water partition coefficient (Wildman–Crippen LogP) is 4.15. The molecular formula is C29H35N7O. The van der Waals surface area contributed by atoms with Crippen LogP contribution < -0.4 is 21.5 Å². The van der Waals surface area contributed by atoms with Crippen LogP contribution in [0.5, 0.6) is 0 Å². The lowest BCUT2D eigenvalue weighted by Crippen LogP contribution is -2.44. The minimum atomic E-state index is -0.103. The molecule has 0 spiro atoms. The number of hydrogen-bond donors (Lipinski definition) is 2. The molecular weight excluding hydrogens is 462 g/mol. The molecule has 8 heteroatoms. The second-order valence-corrected chi connectivity index (χ2v) is 9.98. The largest absolute Gasteiger partial charge is 0.351 e. The van der Waals surface area contributed by atoms with Gasteiger partial charge in [0.1, 0.15) is 0 Å². The van der Waals surface area contributed by atoms with E-state index in [0.717, 1.165) is 42.0 Å². The standard InChI is InChI=1S/C29H35N7O/c1-21(2)15-17-35-27(37)25-26(32-28(35)31-18-22-10-5-3-6-11-22)33-29(34-16-9-14-24(30)20-34)36(25)19-23-12-7-4-8-13-23/h3-8,10-13,15,24H,9,14,16-20,30H2,1-2H3,(H,31,32). The lowest BCUT2D eigenvalue weighted by Gasteiger charge is -2.31. The van der Waals surface area contributed by atoms with E-state index in [1.54, 1.807) is 4.57 Å². The number of imidazole rings is 1. The van der Waals surface area contributed by atoms with Gasteiger partial charge in [0.2, 0.25) is 11.9 Å². The summed E-state index contributed by atoms with van der Waals surface area (Å²) in [4.78, 5) is 26.1. The van der Waals surface area contributed by atoms with Crippen LogP contribution in [-0.2, 0) is 19.6 Å². The van der Waals surface area contributed by atoms with Gasteiger partial charge in [0.05, 0.1) is 6.54 Å². The van der Waals surface area contributed by atoms with Gasteiger partial charge in [-0.15, -0.1) is 0 Å². The maximum Gasteiger partial charge on any atom is 0.281 e. The number of nitrogens with zero attached hydrogens (tertiary/aromatic N) is 5. The molecule has 1 aliphatic rings. The van der Waals surface area contributed by atoms with Crippen molar-refractivity contribution in [3.8, 4) is 0 Å². The van der Waals surface area contributed by atoms with Crippen LogP contribution in [0, 0.1) is 0 Å². The maximum atomic E-state index is 14.1. The lowest BCUT2D eigenvalue weighted by molar-refractivity contribution is 0.495. The van der Waals surface area contributed by atoms with Crippen molar-refractivity contribution in [2.24, 2.45) is 5.73 Å². The molecule has 2 aromatic carbocycles. The third-order valence-electron chi connectivity index (χ3n) is 6.74. The molecule has 8 nitrogen and oxygen atoms in total. The molecule has 0 radical (unpaired) electrons. The molecule has 3 heterocycles. The Morgan fingerprint density at radius 1 is 1.03 bits per heavy atom. The minimum Gasteiger partial charge on any atom is -0.351 e. The van der Waals surface area contributed by atoms with Crippen molar-refractivity contribution < 1.29 is 0 Å². The topological polar surface area (TPSA) is 94.0 Å². The van der Waals surface area contributed by atoms with E-state index in [4.69, 9.17) is 15.7 Å². The van der Waals surface area contributed by atoms with Gasteiger partial charge in [0.25, 0.3) is 5.56 Å². The van der Waals surface area contributed by atoms with Crippen molar-refractivity contribution in [3.05, 3.63) is 93.8 Å². The first kappa shape index (κ1) is 24.8. The summed E-state index contributed by atoms with van der Waals surface area (Å²) in [5.41, 5.74) is 10.6. The number of nitrogens with two attached hydrogens (primary N) is 1. The number of rotatable bonds is 8. The molecule has 4 aromatic rings. The zero-order valence-electron chi connectivity index (χ0n) is 21.6. The number of nitrogens with one attached hydrogen (secondary N) is 1. The predicted molar refractivity (Wildman–Crippen MR) is 150 cm³/mol. The van der Waals surface area contributed by atoms with E-state index in [0.29, 0.717) is 43.3 Å². The SMILES string of the molecule is CC(C)=CCn1c(NCc2ccccc2)nc2nc(N3CCCC(N)C3)n(Cc3ccccc3)c2c1=O. The molecule has 0 saturated carbocycles. The molecule has 1 fully saturated rings. The zero-order chi connectivity index (χ0) is 25.8. The van der Waals surface area contributed by atoms with E-state index in [2.05, 4.69) is 34.5 Å². The van der Waals surface area contributed by atoms with Crippen molar-refractivity contribution in [1.29, 1.82) is 0 Å². The van der Waals surface area contributed by atoms with Gasteiger partial charge in [0.15, 0.2) is 11.2 Å². The van der Waals surface area contributed by atoms with Gasteiger partial charge in [-0.3, -0.25) is 13.9 Å². The van der Waals surface area contributed by atoms with E-state index in [1.165, 1.54) is 0 Å². The molecule has 37 heavy (non-hydrogen) atoms. The maximum absolute atomic E-state index is 14.1. The van der Waals surface area contributed by atoms with E-state index >= 15 is 0 Å². The number of aromatic nitrogens is 4. The van der Waals surface area contributed by atoms with E-state index < -0.39 is 0 Å². The highest BCUT2D eigenvalue weighted by Crippen LogP contribution is 2.25. The fourth-order valence-electron chi connectivity index (χ4n) is 4.81. The summed E-state index contributed by atoms with van der Waals surface area (Å²) >= 11 is 0. The minimum absolute atomic E-state index is 0.0871. The van der Waals surface area contributed by atoms with Crippen LogP contribution in [0.25, 0.3) is 11.2 Å². The van der Waals surface area contributed by atoms with Crippen LogP contribution in [0.3, 0.4) is 0 Å². The molecule has 1 unspecified atom stereocenters. The Kier molecular flexibility index (Phi) is 7.37. The molecule has 1 saturated heterocycles. The van der Waals surface area contributed by atoms with E-state index in [9.17, 15) is 4.79 Å². The molecule has 0 aliphatic carbocycles. The number of hydrogen-bond acceptors (Lipinski definition) is 6. The number of piperidine rings is 1. The molecule has 1 aliphatic heterocycles. The van der Waals surface area contributed by atoms with Crippen LogP contribution >= 0.6 is 0 Å². The first-order valence-corrected chi connectivity index (χ1v) is 13.0. The first-order chi connectivity index (χ1) is 18.0. The van der Waals surface area contributed by atoms with Gasteiger partial charge in [-0.05, 0) is 37.8 Å². The van der Waals surface area contributed by atoms with Crippen molar-refractivity contribution >= 4 is 23.1 Å². The normalized spacial score (nSPS) is 15.6. The van der Waals surface area contributed by atoms with Gasteiger partial charge < -0.3 is 16.0 Å². The average molecular weight is 498 g/mol. The van der Waals surface area contributed by atoms with Crippen molar-refractivity contribution in [1.82, 2.24) is 19.1 Å². The quantitative estimate of drug-likeness (QED) is 0.355. The van der Waals surface area contributed by atoms with Crippen LogP contribution in [-0.4, -0.2) is 38.2 Å². The molecule has 2 aromatic heterocycles. The van der Waals surface area contributed by atoms with Gasteiger partial charge in [0, 0.05) is 32.2 Å². The zero-order valence-corrected chi connectivity index (χ0v) is 21.6. The van der Waals surface area contributed by atoms with Crippen molar-refractivity contribution in [3.63, 3.8) is 0 Å². The molecule has 0 amide bonds. The van der Waals surface area contributed by atoms with Crippen molar-refractivity contribution in [2.45, 2.75) is 52.4 Å². The molecule has 0 bridgehead atoms. The summed E-state index contributed by atoms with van der Waals surface area (Å²) in [7, 11) is 0. The number of benzene rings is 2. The Bertz CT molecular complexity index is 1440. The fourth-order valence-corrected chi connectivity index (χ4v) is 4.81. The third-order valence-corrected chi connectivity index (χ3v) is 6.74. The third kappa shape index (κ3) is 5.59. The summed E-state index contributed by atoms with van der Waals surface area (Å²) in [6.45, 7) is 7.17. The second-order valence-electron chi connectivity index (χ2n) is 9.98. The van der Waals surface area contributed by atoms with Crippen LogP contribution in [0.15, 0.2) is 77.1 Å². The van der Waals surface area contributed by atoms with Crippen LogP contribution in [0.2, 0.25) is 0 Å². The fraction of sp³-hybridized carbons (Fsp3) is 0.345. The summed E-state index contributed by atoms with van der Waals surface area (Å²) in [6, 6.07) is 20.4. The highest BCUT2D eigenvalue weighted by atomic mass is 16.1. The Balaban J connectivity index is 1.64. The summed E-state index contributed by atoms with van der Waals surface area (Å²) in [6.07, 6.45) is 4.04. The van der Waals surface area contributed by atoms with Gasteiger partial charge in [-0.2, -0.15) is 9.97 Å². The van der Waals surface area contributed by atoms with Crippen LogP contribution in [0.4, 0.5) is 11.9 Å². The number of allylic oxidation sites excluding steroid dienone is 2. The average Bonchev–Trinajstić information content (AvgIpc) is 3.26. The summed E-state index contributed by atoms with van der Waals surface area (Å²) in [5, 5.41) is 3.39. The lowest BCUT2D eigenvalue weighted by atomic mass is 10.1. The molecule has 5 rings (SSSR count). The van der Waals surface area contributed by atoms with E-state index in [-0.39, 0.29) is 11.6 Å². The Hall–Kier alpha value is -3.91. The molecule has 192 valence electrons. The molecule has 1 atom stereocenters. The molecule has 3 N–H and O–H groups in total. The smallest absolute Gasteiger partial charge is 0.281 e. The van der Waals surface area contributed by atoms with Gasteiger partial charge in [-0.25, -0.2) is 0 Å². The van der Waals surface area contributed by atoms with Gasteiger partial charge >= 0.3 is 0 Å². The highest BCUT2D eigenvalue weighted by molar-refractivity contribution is 5.76. The first-order valence-electron chi connectivity index (χ1n) is 13.0. The van der Waals surface area contributed by atoms with Gasteiger partial charge in [-0.1, -0.05) is 72.3 Å². The highest BCUT2D eigenvalue weighted by Gasteiger charge is 2.26. The second kappa shape index (κ2) is 11.0. The monoisotopic (exact) mass is 497 g/mol. The Morgan fingerprint density at radius 2 is 1.73 bits per heavy atom. The number of anilines is 2. The summed E-state index contributed by atoms with van der Waals surface area (Å²) in [5.74, 6) is 1.28. The summed E-state index contributed by atoms with van der Waals surface area (Å²) < 4.78 is 3.74. The Labute approximate surface area is 217 Å².